The number of fused-ring (bicyclic) bond motifs is 1. The normalized spacial score (nSPS) is 11.2. The van der Waals surface area contributed by atoms with Crippen molar-refractivity contribution in [2.24, 2.45) is 0 Å². The first-order valence-electron chi connectivity index (χ1n) is 10.4. The highest BCUT2D eigenvalue weighted by molar-refractivity contribution is 6.31. The molecule has 0 aliphatic heterocycles. The van der Waals surface area contributed by atoms with Crippen molar-refractivity contribution in [2.45, 2.75) is 12.7 Å². The molecule has 0 fully saturated rings. The maximum absolute atomic E-state index is 13.2. The quantitative estimate of drug-likeness (QED) is 0.241. The summed E-state index contributed by atoms with van der Waals surface area (Å²) in [5.41, 5.74) is -0.133. The van der Waals surface area contributed by atoms with E-state index in [0.29, 0.717) is 5.69 Å². The van der Waals surface area contributed by atoms with Crippen molar-refractivity contribution in [3.8, 4) is 0 Å². The maximum atomic E-state index is 13.2. The summed E-state index contributed by atoms with van der Waals surface area (Å²) in [7, 11) is 0. The fourth-order valence-corrected chi connectivity index (χ4v) is 3.67. The molecule has 12 heteroatoms. The molecule has 36 heavy (non-hydrogen) atoms. The van der Waals surface area contributed by atoms with Crippen molar-refractivity contribution in [3.05, 3.63) is 88.7 Å². The van der Waals surface area contributed by atoms with Gasteiger partial charge in [-0.1, -0.05) is 35.9 Å². The number of urea groups is 1. The summed E-state index contributed by atoms with van der Waals surface area (Å²) in [6, 6.07) is 14.2. The summed E-state index contributed by atoms with van der Waals surface area (Å²) in [6.07, 6.45) is -3.48. The first-order valence-corrected chi connectivity index (χ1v) is 10.7. The summed E-state index contributed by atoms with van der Waals surface area (Å²) in [5.74, 6) is -1.12. The Balaban J connectivity index is 1.64. The molecule has 3 aromatic carbocycles. The third-order valence-corrected chi connectivity index (χ3v) is 5.38. The van der Waals surface area contributed by atoms with Gasteiger partial charge in [0.2, 0.25) is 0 Å². The van der Waals surface area contributed by atoms with E-state index in [1.54, 1.807) is 30.3 Å². The van der Waals surface area contributed by atoms with Crippen molar-refractivity contribution in [1.29, 1.82) is 0 Å². The van der Waals surface area contributed by atoms with Crippen LogP contribution in [0.5, 0.6) is 0 Å². The Hall–Kier alpha value is -4.38. The SMILES string of the molecule is O=C(Nc1ccccc1)Nc1cc(C(=O)O)c2ncnc(NCc3ccc(Cl)c(C(F)(F)F)c3)c2c1. The number of amides is 2. The van der Waals surface area contributed by atoms with Crippen molar-refractivity contribution in [2.75, 3.05) is 16.0 Å². The average molecular weight is 516 g/mol. The van der Waals surface area contributed by atoms with Crippen molar-refractivity contribution in [3.63, 3.8) is 0 Å². The molecule has 2 amide bonds. The minimum Gasteiger partial charge on any atom is -0.478 e. The Morgan fingerprint density at radius 3 is 2.36 bits per heavy atom. The molecule has 0 aliphatic rings. The fourth-order valence-electron chi connectivity index (χ4n) is 3.44. The molecule has 8 nitrogen and oxygen atoms in total. The molecule has 1 aromatic heterocycles. The largest absolute Gasteiger partial charge is 0.478 e. The van der Waals surface area contributed by atoms with Crippen LogP contribution in [0.1, 0.15) is 21.5 Å². The zero-order valence-corrected chi connectivity index (χ0v) is 19.0. The molecule has 4 aromatic rings. The van der Waals surface area contributed by atoms with Gasteiger partial charge in [-0.25, -0.2) is 19.6 Å². The number of carbonyl (C=O) groups is 2. The molecule has 0 atom stereocenters. The van der Waals surface area contributed by atoms with Gasteiger partial charge in [0, 0.05) is 23.3 Å². The number of hydrogen-bond acceptors (Lipinski definition) is 5. The predicted molar refractivity (Wildman–Crippen MR) is 129 cm³/mol. The topological polar surface area (TPSA) is 116 Å². The van der Waals surface area contributed by atoms with E-state index in [2.05, 4.69) is 25.9 Å². The van der Waals surface area contributed by atoms with E-state index in [1.165, 1.54) is 18.2 Å². The first kappa shape index (κ1) is 24.7. The molecule has 0 saturated heterocycles. The van der Waals surface area contributed by atoms with Gasteiger partial charge in [0.25, 0.3) is 0 Å². The summed E-state index contributed by atoms with van der Waals surface area (Å²) in [5, 5.41) is 17.6. The number of rotatable bonds is 6. The van der Waals surface area contributed by atoms with E-state index < -0.39 is 28.8 Å². The minimum absolute atomic E-state index is 0.0685. The number of nitrogens with zero attached hydrogens (tertiary/aromatic N) is 2. The number of alkyl halides is 3. The van der Waals surface area contributed by atoms with Crippen LogP contribution in [-0.2, 0) is 12.7 Å². The number of hydrogen-bond donors (Lipinski definition) is 4. The lowest BCUT2D eigenvalue weighted by Gasteiger charge is -2.14. The third-order valence-electron chi connectivity index (χ3n) is 5.05. The van der Waals surface area contributed by atoms with Gasteiger partial charge < -0.3 is 21.1 Å². The van der Waals surface area contributed by atoms with Crippen molar-refractivity contribution in [1.82, 2.24) is 9.97 Å². The highest BCUT2D eigenvalue weighted by Gasteiger charge is 2.33. The van der Waals surface area contributed by atoms with Crippen LogP contribution in [0.15, 0.2) is 67.0 Å². The second-order valence-electron chi connectivity index (χ2n) is 7.56. The Morgan fingerprint density at radius 2 is 1.67 bits per heavy atom. The molecule has 0 bridgehead atoms. The zero-order chi connectivity index (χ0) is 25.9. The van der Waals surface area contributed by atoms with Crippen LogP contribution in [0, 0.1) is 0 Å². The monoisotopic (exact) mass is 515 g/mol. The fraction of sp³-hybridized carbons (Fsp3) is 0.0833. The second kappa shape index (κ2) is 10.1. The lowest BCUT2D eigenvalue weighted by Crippen LogP contribution is -2.19. The number of aromatic nitrogens is 2. The summed E-state index contributed by atoms with van der Waals surface area (Å²) in [4.78, 5) is 32.4. The highest BCUT2D eigenvalue weighted by Crippen LogP contribution is 2.35. The van der Waals surface area contributed by atoms with Crippen LogP contribution in [-0.4, -0.2) is 27.1 Å². The lowest BCUT2D eigenvalue weighted by atomic mass is 10.1. The van der Waals surface area contributed by atoms with Crippen LogP contribution in [0.4, 0.5) is 35.2 Å². The van der Waals surface area contributed by atoms with Crippen molar-refractivity contribution >= 4 is 51.7 Å². The maximum Gasteiger partial charge on any atom is 0.417 e. The van der Waals surface area contributed by atoms with Gasteiger partial charge in [0.05, 0.1) is 21.7 Å². The van der Waals surface area contributed by atoms with Crippen LogP contribution < -0.4 is 16.0 Å². The number of anilines is 3. The van der Waals surface area contributed by atoms with E-state index in [4.69, 9.17) is 11.6 Å². The Labute approximate surface area is 207 Å². The van der Waals surface area contributed by atoms with E-state index >= 15 is 0 Å². The Bertz CT molecular complexity index is 1450. The van der Waals surface area contributed by atoms with E-state index in [-0.39, 0.29) is 40.1 Å². The van der Waals surface area contributed by atoms with Crippen LogP contribution in [0.2, 0.25) is 5.02 Å². The number of aromatic carboxylic acids is 1. The van der Waals surface area contributed by atoms with E-state index in [0.717, 1.165) is 18.5 Å². The number of carbonyl (C=O) groups excluding carboxylic acids is 1. The predicted octanol–water partition coefficient (Wildman–Crippen LogP) is 6.26. The number of nitrogens with one attached hydrogen (secondary N) is 3. The lowest BCUT2D eigenvalue weighted by molar-refractivity contribution is -0.137. The Morgan fingerprint density at radius 1 is 0.944 bits per heavy atom. The molecule has 0 aliphatic carbocycles. The molecular formula is C24H17ClF3N5O3. The molecule has 1 heterocycles. The molecule has 184 valence electrons. The minimum atomic E-state index is -4.62. The molecule has 0 radical (unpaired) electrons. The van der Waals surface area contributed by atoms with Gasteiger partial charge in [-0.2, -0.15) is 13.2 Å². The molecule has 4 N–H and O–H groups in total. The number of benzene rings is 3. The van der Waals surface area contributed by atoms with Crippen LogP contribution in [0.3, 0.4) is 0 Å². The van der Waals surface area contributed by atoms with Crippen LogP contribution >= 0.6 is 11.6 Å². The van der Waals surface area contributed by atoms with Gasteiger partial charge in [-0.3, -0.25) is 0 Å². The molecule has 0 saturated carbocycles. The Kier molecular flexibility index (Phi) is 6.93. The number of halogens is 4. The van der Waals surface area contributed by atoms with Gasteiger partial charge in [-0.05, 0) is 42.0 Å². The smallest absolute Gasteiger partial charge is 0.417 e. The van der Waals surface area contributed by atoms with Crippen molar-refractivity contribution < 1.29 is 27.9 Å². The van der Waals surface area contributed by atoms with E-state index in [1.807, 2.05) is 0 Å². The third kappa shape index (κ3) is 5.63. The number of carboxylic acids is 1. The molecule has 4 rings (SSSR count). The van der Waals surface area contributed by atoms with Gasteiger partial charge in [0.1, 0.15) is 12.1 Å². The zero-order valence-electron chi connectivity index (χ0n) is 18.2. The van der Waals surface area contributed by atoms with E-state index in [9.17, 15) is 27.9 Å². The summed E-state index contributed by atoms with van der Waals surface area (Å²) in [6.45, 7) is -0.0685. The van der Waals surface area contributed by atoms with Gasteiger partial charge in [0.15, 0.2) is 0 Å². The van der Waals surface area contributed by atoms with Gasteiger partial charge in [-0.15, -0.1) is 0 Å². The average Bonchev–Trinajstić information content (AvgIpc) is 2.83. The molecular weight excluding hydrogens is 499 g/mol. The summed E-state index contributed by atoms with van der Waals surface area (Å²) < 4.78 is 39.6. The second-order valence-corrected chi connectivity index (χ2v) is 7.97. The summed E-state index contributed by atoms with van der Waals surface area (Å²) >= 11 is 5.68. The number of para-hydroxylation sites is 1. The molecule has 0 spiro atoms. The van der Waals surface area contributed by atoms with Gasteiger partial charge >= 0.3 is 18.2 Å². The highest BCUT2D eigenvalue weighted by atomic mass is 35.5. The first-order chi connectivity index (χ1) is 17.1. The molecule has 0 unspecified atom stereocenters. The van der Waals surface area contributed by atoms with Crippen LogP contribution in [0.25, 0.3) is 10.9 Å². The number of carboxylic acid groups (broad SMARTS) is 1. The standard InChI is InChI=1S/C24H17ClF3N5O3/c25-19-7-6-13(8-18(19)24(26,27)28)11-29-21-16-9-15(10-17(22(34)35)20(16)30-12-31-21)33-23(36)32-14-4-2-1-3-5-14/h1-10,12H,11H2,(H,34,35)(H,29,30,31)(H2,32,33,36).